The number of ether oxygens (including phenoxy) is 5. The van der Waals surface area contributed by atoms with Gasteiger partial charge in [0.15, 0.2) is 23.0 Å². The van der Waals surface area contributed by atoms with Crippen molar-refractivity contribution in [3.63, 3.8) is 0 Å². The summed E-state index contributed by atoms with van der Waals surface area (Å²) in [4.78, 5) is 0. The Morgan fingerprint density at radius 1 is 1.00 bits per heavy atom. The Morgan fingerprint density at radius 2 is 1.74 bits per heavy atom. The fourth-order valence-corrected chi connectivity index (χ4v) is 3.69. The molecule has 162 valence electrons. The standard InChI is InChI=1S/C24H23BrO6/c1-15(23(26)17-8-9-19-20(10-17)30-14-29-19)31-24-21(27-2)11-18(25)12-22(24)28-13-16-6-4-3-5-7-16/h3-12,15,23,26H,13-14H2,1-2H3/t15-,23-/m0/s1. The zero-order valence-corrected chi connectivity index (χ0v) is 18.8. The van der Waals surface area contributed by atoms with Crippen molar-refractivity contribution in [1.29, 1.82) is 0 Å². The fourth-order valence-electron chi connectivity index (χ4n) is 3.27. The molecule has 6 nitrogen and oxygen atoms in total. The lowest BCUT2D eigenvalue weighted by Gasteiger charge is -2.24. The van der Waals surface area contributed by atoms with E-state index in [0.29, 0.717) is 40.9 Å². The second-order valence-corrected chi connectivity index (χ2v) is 8.01. The summed E-state index contributed by atoms with van der Waals surface area (Å²) < 4.78 is 29.2. The minimum Gasteiger partial charge on any atom is -0.493 e. The maximum atomic E-state index is 10.9. The van der Waals surface area contributed by atoms with Gasteiger partial charge in [-0.3, -0.25) is 0 Å². The average Bonchev–Trinajstić information content (AvgIpc) is 3.26. The van der Waals surface area contributed by atoms with Gasteiger partial charge in [0.2, 0.25) is 12.5 Å². The lowest BCUT2D eigenvalue weighted by molar-refractivity contribution is 0.0427. The predicted octanol–water partition coefficient (Wildman–Crippen LogP) is 5.27. The summed E-state index contributed by atoms with van der Waals surface area (Å²) in [7, 11) is 1.56. The number of fused-ring (bicyclic) bond motifs is 1. The zero-order chi connectivity index (χ0) is 21.8. The van der Waals surface area contributed by atoms with Crippen molar-refractivity contribution in [3.05, 3.63) is 76.3 Å². The quantitative estimate of drug-likeness (QED) is 0.467. The Bertz CT molecular complexity index is 1040. The maximum Gasteiger partial charge on any atom is 0.231 e. The maximum absolute atomic E-state index is 10.9. The van der Waals surface area contributed by atoms with E-state index >= 15 is 0 Å². The summed E-state index contributed by atoms with van der Waals surface area (Å²) in [5.41, 5.74) is 1.69. The van der Waals surface area contributed by atoms with Gasteiger partial charge in [0.05, 0.1) is 7.11 Å². The molecule has 0 radical (unpaired) electrons. The van der Waals surface area contributed by atoms with Crippen LogP contribution in [0.15, 0.2) is 65.1 Å². The molecule has 3 aromatic rings. The first-order chi connectivity index (χ1) is 15.0. The van der Waals surface area contributed by atoms with Gasteiger partial charge in [-0.2, -0.15) is 0 Å². The van der Waals surface area contributed by atoms with Gasteiger partial charge in [0.1, 0.15) is 18.8 Å². The van der Waals surface area contributed by atoms with Crippen molar-refractivity contribution in [2.24, 2.45) is 0 Å². The Morgan fingerprint density at radius 3 is 2.52 bits per heavy atom. The van der Waals surface area contributed by atoms with Crippen molar-refractivity contribution in [3.8, 4) is 28.7 Å². The van der Waals surface area contributed by atoms with Gasteiger partial charge in [-0.15, -0.1) is 0 Å². The SMILES string of the molecule is COc1cc(Br)cc(OCc2ccccc2)c1O[C@@H](C)[C@H](O)c1ccc2c(c1)OCO2. The Labute approximate surface area is 189 Å². The number of aliphatic hydroxyl groups excluding tert-OH is 1. The van der Waals surface area contributed by atoms with Crippen molar-refractivity contribution in [2.75, 3.05) is 13.9 Å². The largest absolute Gasteiger partial charge is 0.493 e. The van der Waals surface area contributed by atoms with Crippen LogP contribution in [0.4, 0.5) is 0 Å². The van der Waals surface area contributed by atoms with Crippen molar-refractivity contribution >= 4 is 15.9 Å². The smallest absolute Gasteiger partial charge is 0.231 e. The second kappa shape index (κ2) is 9.49. The van der Waals surface area contributed by atoms with Crippen LogP contribution in [0.1, 0.15) is 24.2 Å². The molecule has 0 saturated carbocycles. The topological polar surface area (TPSA) is 66.4 Å². The van der Waals surface area contributed by atoms with E-state index in [9.17, 15) is 5.11 Å². The summed E-state index contributed by atoms with van der Waals surface area (Å²) in [6, 6.07) is 18.8. The van der Waals surface area contributed by atoms with E-state index < -0.39 is 12.2 Å². The minimum atomic E-state index is -0.898. The third kappa shape index (κ3) is 4.89. The molecule has 1 aliphatic rings. The van der Waals surface area contributed by atoms with Crippen LogP contribution in [0.5, 0.6) is 28.7 Å². The number of hydrogen-bond acceptors (Lipinski definition) is 6. The molecule has 0 amide bonds. The molecule has 3 aromatic carbocycles. The number of rotatable bonds is 8. The van der Waals surface area contributed by atoms with Gasteiger partial charge >= 0.3 is 0 Å². The van der Waals surface area contributed by atoms with Gasteiger partial charge in [-0.1, -0.05) is 52.3 Å². The van der Waals surface area contributed by atoms with Crippen LogP contribution < -0.4 is 23.7 Å². The van der Waals surface area contributed by atoms with E-state index in [2.05, 4.69) is 15.9 Å². The van der Waals surface area contributed by atoms with Crippen LogP contribution >= 0.6 is 15.9 Å². The molecule has 0 fully saturated rings. The molecule has 4 rings (SSSR count). The molecule has 2 atom stereocenters. The summed E-state index contributed by atoms with van der Waals surface area (Å²) in [5, 5.41) is 10.9. The number of hydrogen-bond donors (Lipinski definition) is 1. The molecule has 0 bridgehead atoms. The van der Waals surface area contributed by atoms with Crippen LogP contribution in [-0.2, 0) is 6.61 Å². The number of halogens is 1. The molecule has 0 aromatic heterocycles. The molecular formula is C24H23BrO6. The van der Waals surface area contributed by atoms with Crippen LogP contribution in [0.25, 0.3) is 0 Å². The van der Waals surface area contributed by atoms with Gasteiger partial charge in [-0.05, 0) is 42.3 Å². The summed E-state index contributed by atoms with van der Waals surface area (Å²) in [6.07, 6.45) is -1.49. The normalized spacial score (nSPS) is 14.1. The van der Waals surface area contributed by atoms with Crippen LogP contribution in [-0.4, -0.2) is 25.1 Å². The van der Waals surface area contributed by atoms with Crippen LogP contribution in [0, 0.1) is 0 Å². The Hall–Kier alpha value is -2.90. The Kier molecular flexibility index (Phi) is 6.53. The zero-order valence-electron chi connectivity index (χ0n) is 17.2. The highest BCUT2D eigenvalue weighted by Gasteiger charge is 2.25. The van der Waals surface area contributed by atoms with Crippen molar-refractivity contribution in [1.82, 2.24) is 0 Å². The summed E-state index contributed by atoms with van der Waals surface area (Å²) in [5.74, 6) is 2.71. The van der Waals surface area contributed by atoms with Gasteiger partial charge < -0.3 is 28.8 Å². The lowest BCUT2D eigenvalue weighted by atomic mass is 10.0. The third-order valence-electron chi connectivity index (χ3n) is 4.93. The Balaban J connectivity index is 1.55. The molecule has 1 aliphatic heterocycles. The second-order valence-electron chi connectivity index (χ2n) is 7.09. The molecule has 31 heavy (non-hydrogen) atoms. The van der Waals surface area contributed by atoms with E-state index in [-0.39, 0.29) is 6.79 Å². The fraction of sp³-hybridized carbons (Fsp3) is 0.250. The van der Waals surface area contributed by atoms with Crippen LogP contribution in [0.3, 0.4) is 0 Å². The molecular weight excluding hydrogens is 464 g/mol. The first kappa shape index (κ1) is 21.3. The highest BCUT2D eigenvalue weighted by molar-refractivity contribution is 9.10. The minimum absolute atomic E-state index is 0.180. The van der Waals surface area contributed by atoms with E-state index in [4.69, 9.17) is 23.7 Å². The van der Waals surface area contributed by atoms with E-state index in [1.54, 1.807) is 38.3 Å². The summed E-state index contributed by atoms with van der Waals surface area (Å²) in [6.45, 7) is 2.34. The molecule has 1 heterocycles. The van der Waals surface area contributed by atoms with Gasteiger partial charge in [0, 0.05) is 4.47 Å². The van der Waals surface area contributed by atoms with Crippen LogP contribution in [0.2, 0.25) is 0 Å². The van der Waals surface area contributed by atoms with Crippen molar-refractivity contribution in [2.45, 2.75) is 25.7 Å². The van der Waals surface area contributed by atoms with E-state index in [1.165, 1.54) is 0 Å². The molecule has 0 spiro atoms. The monoisotopic (exact) mass is 486 g/mol. The highest BCUT2D eigenvalue weighted by Crippen LogP contribution is 2.42. The van der Waals surface area contributed by atoms with Gasteiger partial charge in [-0.25, -0.2) is 0 Å². The first-order valence-electron chi connectivity index (χ1n) is 9.83. The van der Waals surface area contributed by atoms with E-state index in [1.807, 2.05) is 36.4 Å². The number of methoxy groups -OCH3 is 1. The first-order valence-corrected chi connectivity index (χ1v) is 10.6. The summed E-state index contributed by atoms with van der Waals surface area (Å²) >= 11 is 3.48. The molecule has 0 saturated heterocycles. The van der Waals surface area contributed by atoms with E-state index in [0.717, 1.165) is 10.0 Å². The highest BCUT2D eigenvalue weighted by atomic mass is 79.9. The van der Waals surface area contributed by atoms with Crippen molar-refractivity contribution < 1.29 is 28.8 Å². The van der Waals surface area contributed by atoms with Gasteiger partial charge in [0.25, 0.3) is 0 Å². The average molecular weight is 487 g/mol. The number of benzene rings is 3. The molecule has 1 N–H and O–H groups in total. The molecule has 0 unspecified atom stereocenters. The number of aliphatic hydroxyl groups is 1. The predicted molar refractivity (Wildman–Crippen MR) is 119 cm³/mol. The lowest BCUT2D eigenvalue weighted by Crippen LogP contribution is -2.22. The molecule has 0 aliphatic carbocycles. The molecule has 7 heteroatoms. The third-order valence-corrected chi connectivity index (χ3v) is 5.39.